The zero-order valence-corrected chi connectivity index (χ0v) is 10.9. The van der Waals surface area contributed by atoms with Gasteiger partial charge in [-0.3, -0.25) is 9.59 Å². The summed E-state index contributed by atoms with van der Waals surface area (Å²) >= 11 is 1.51. The maximum Gasteiger partial charge on any atom is 0.307 e. The van der Waals surface area contributed by atoms with E-state index in [2.05, 4.69) is 10.3 Å². The Kier molecular flexibility index (Phi) is 4.62. The van der Waals surface area contributed by atoms with Crippen LogP contribution >= 0.6 is 11.3 Å². The first-order valence-electron chi connectivity index (χ1n) is 5.33. The molecule has 0 aromatic carbocycles. The molecule has 2 atom stereocenters. The number of amides is 1. The lowest BCUT2D eigenvalue weighted by molar-refractivity contribution is -0.146. The molecule has 1 rings (SSSR count). The van der Waals surface area contributed by atoms with E-state index >= 15 is 0 Å². The van der Waals surface area contributed by atoms with Crippen LogP contribution in [0.2, 0.25) is 0 Å². The van der Waals surface area contributed by atoms with Crippen LogP contribution < -0.4 is 5.32 Å². The molecular weight excluding hydrogens is 240 g/mol. The van der Waals surface area contributed by atoms with Gasteiger partial charge in [0.1, 0.15) is 5.01 Å². The topological polar surface area (TPSA) is 79.3 Å². The average Bonchev–Trinajstić information content (AvgIpc) is 2.69. The Bertz CT molecular complexity index is 417. The van der Waals surface area contributed by atoms with E-state index < -0.39 is 17.8 Å². The van der Waals surface area contributed by atoms with Gasteiger partial charge >= 0.3 is 5.97 Å². The van der Waals surface area contributed by atoms with Crippen LogP contribution in [0.5, 0.6) is 0 Å². The third-order valence-electron chi connectivity index (χ3n) is 2.64. The lowest BCUT2D eigenvalue weighted by Crippen LogP contribution is -2.34. The fourth-order valence-electron chi connectivity index (χ4n) is 1.25. The molecule has 6 heteroatoms. The van der Waals surface area contributed by atoms with Gasteiger partial charge in [0.05, 0.1) is 12.5 Å². The summed E-state index contributed by atoms with van der Waals surface area (Å²) in [5.41, 5.74) is 0. The van der Waals surface area contributed by atoms with Crippen molar-refractivity contribution in [3.05, 3.63) is 16.1 Å². The van der Waals surface area contributed by atoms with Crippen molar-refractivity contribution in [1.82, 2.24) is 10.3 Å². The lowest BCUT2D eigenvalue weighted by Gasteiger charge is -2.15. The molecule has 2 unspecified atom stereocenters. The highest BCUT2D eigenvalue weighted by Gasteiger charge is 2.25. The van der Waals surface area contributed by atoms with Crippen LogP contribution in [0.25, 0.3) is 0 Å². The van der Waals surface area contributed by atoms with Crippen LogP contribution in [0, 0.1) is 18.8 Å². The number of aliphatic carboxylic acids is 1. The maximum absolute atomic E-state index is 11.7. The van der Waals surface area contributed by atoms with E-state index in [0.29, 0.717) is 6.54 Å². The smallest absolute Gasteiger partial charge is 0.307 e. The Morgan fingerprint density at radius 1 is 1.47 bits per heavy atom. The molecule has 1 heterocycles. The number of aromatic nitrogens is 1. The zero-order chi connectivity index (χ0) is 13.0. The molecule has 0 spiro atoms. The zero-order valence-electron chi connectivity index (χ0n) is 10.1. The number of aryl methyl sites for hydroxylation is 1. The largest absolute Gasteiger partial charge is 0.481 e. The number of nitrogens with one attached hydrogen (secondary N) is 1. The predicted molar refractivity (Wildman–Crippen MR) is 64.7 cm³/mol. The normalized spacial score (nSPS) is 14.1. The van der Waals surface area contributed by atoms with E-state index in [0.717, 1.165) is 9.88 Å². The Hall–Kier alpha value is -1.43. The minimum Gasteiger partial charge on any atom is -0.481 e. The van der Waals surface area contributed by atoms with E-state index in [-0.39, 0.29) is 5.91 Å². The number of carboxylic acid groups (broad SMARTS) is 1. The molecule has 1 amide bonds. The van der Waals surface area contributed by atoms with E-state index in [1.54, 1.807) is 13.1 Å². The van der Waals surface area contributed by atoms with Crippen molar-refractivity contribution in [3.8, 4) is 0 Å². The predicted octanol–water partition coefficient (Wildman–Crippen LogP) is 1.42. The van der Waals surface area contributed by atoms with Crippen molar-refractivity contribution in [1.29, 1.82) is 0 Å². The van der Waals surface area contributed by atoms with Crippen molar-refractivity contribution in [2.24, 2.45) is 11.8 Å². The van der Waals surface area contributed by atoms with Gasteiger partial charge in [-0.15, -0.1) is 11.3 Å². The molecule has 0 bridgehead atoms. The van der Waals surface area contributed by atoms with Crippen LogP contribution in [0.3, 0.4) is 0 Å². The van der Waals surface area contributed by atoms with Crippen molar-refractivity contribution < 1.29 is 14.7 Å². The van der Waals surface area contributed by atoms with E-state index in [1.807, 2.05) is 6.92 Å². The minimum absolute atomic E-state index is 0.257. The van der Waals surface area contributed by atoms with Gasteiger partial charge in [0.15, 0.2) is 0 Å². The van der Waals surface area contributed by atoms with Gasteiger partial charge in [0.25, 0.3) is 0 Å². The molecule has 94 valence electrons. The summed E-state index contributed by atoms with van der Waals surface area (Å²) in [6.07, 6.45) is 1.75. The lowest BCUT2D eigenvalue weighted by atomic mass is 9.95. The third kappa shape index (κ3) is 3.81. The highest BCUT2D eigenvalue weighted by molar-refractivity contribution is 7.11. The van der Waals surface area contributed by atoms with Crippen LogP contribution in [0.15, 0.2) is 6.20 Å². The van der Waals surface area contributed by atoms with Gasteiger partial charge in [-0.05, 0) is 6.92 Å². The molecule has 0 aliphatic heterocycles. The summed E-state index contributed by atoms with van der Waals surface area (Å²) < 4.78 is 0. The second-order valence-corrected chi connectivity index (χ2v) is 5.32. The first-order valence-corrected chi connectivity index (χ1v) is 6.15. The highest BCUT2D eigenvalue weighted by Crippen LogP contribution is 2.13. The summed E-state index contributed by atoms with van der Waals surface area (Å²) in [6.45, 7) is 5.44. The Morgan fingerprint density at radius 3 is 2.59 bits per heavy atom. The fourth-order valence-corrected chi connectivity index (χ4v) is 1.97. The number of carbonyl (C=O) groups is 2. The van der Waals surface area contributed by atoms with Gasteiger partial charge in [-0.1, -0.05) is 13.8 Å². The van der Waals surface area contributed by atoms with Gasteiger partial charge in [-0.2, -0.15) is 0 Å². The molecule has 17 heavy (non-hydrogen) atoms. The monoisotopic (exact) mass is 256 g/mol. The van der Waals surface area contributed by atoms with Gasteiger partial charge in [-0.25, -0.2) is 4.98 Å². The number of rotatable bonds is 5. The van der Waals surface area contributed by atoms with Crippen LogP contribution in [-0.2, 0) is 16.1 Å². The quantitative estimate of drug-likeness (QED) is 0.835. The van der Waals surface area contributed by atoms with Gasteiger partial charge in [0, 0.05) is 17.0 Å². The maximum atomic E-state index is 11.7. The number of carbonyl (C=O) groups excluding carboxylic acids is 1. The summed E-state index contributed by atoms with van der Waals surface area (Å²) in [5, 5.41) is 12.3. The Balaban J connectivity index is 2.47. The molecule has 5 nitrogen and oxygen atoms in total. The average molecular weight is 256 g/mol. The van der Waals surface area contributed by atoms with Gasteiger partial charge in [0.2, 0.25) is 5.91 Å². The van der Waals surface area contributed by atoms with E-state index in [9.17, 15) is 9.59 Å². The molecule has 1 aromatic rings. The van der Waals surface area contributed by atoms with Crippen molar-refractivity contribution in [3.63, 3.8) is 0 Å². The number of nitrogens with zero attached hydrogens (tertiary/aromatic N) is 1. The summed E-state index contributed by atoms with van der Waals surface area (Å²) in [4.78, 5) is 27.6. The standard InChI is InChI=1S/C11H16N2O3S/c1-6-4-12-9(17-6)5-13-10(14)7(2)8(3)11(15)16/h4,7-8H,5H2,1-3H3,(H,13,14)(H,15,16). The molecule has 1 aromatic heterocycles. The van der Waals surface area contributed by atoms with Crippen LogP contribution in [0.1, 0.15) is 23.7 Å². The second-order valence-electron chi connectivity index (χ2n) is 4.00. The van der Waals surface area contributed by atoms with E-state index in [4.69, 9.17) is 5.11 Å². The summed E-state index contributed by atoms with van der Waals surface area (Å²) in [7, 11) is 0. The molecule has 0 fully saturated rings. The first-order chi connectivity index (χ1) is 7.91. The van der Waals surface area contributed by atoms with Crippen molar-refractivity contribution >= 4 is 23.2 Å². The molecular formula is C11H16N2O3S. The molecule has 0 saturated carbocycles. The minimum atomic E-state index is -0.960. The van der Waals surface area contributed by atoms with E-state index in [1.165, 1.54) is 18.3 Å². The summed E-state index contributed by atoms with van der Waals surface area (Å²) in [5.74, 6) is -2.45. The number of hydrogen-bond donors (Lipinski definition) is 2. The van der Waals surface area contributed by atoms with Crippen molar-refractivity contribution in [2.45, 2.75) is 27.3 Å². The Morgan fingerprint density at radius 2 is 2.12 bits per heavy atom. The highest BCUT2D eigenvalue weighted by atomic mass is 32.1. The number of thiazole rings is 1. The number of carboxylic acids is 1. The molecule has 0 radical (unpaired) electrons. The second kappa shape index (κ2) is 5.77. The fraction of sp³-hybridized carbons (Fsp3) is 0.545. The summed E-state index contributed by atoms with van der Waals surface area (Å²) in [6, 6.07) is 0. The van der Waals surface area contributed by atoms with Crippen molar-refractivity contribution in [2.75, 3.05) is 0 Å². The van der Waals surface area contributed by atoms with Gasteiger partial charge < -0.3 is 10.4 Å². The Labute approximate surface area is 104 Å². The molecule has 2 N–H and O–H groups in total. The van der Waals surface area contributed by atoms with Crippen LogP contribution in [0.4, 0.5) is 0 Å². The number of hydrogen-bond acceptors (Lipinski definition) is 4. The third-order valence-corrected chi connectivity index (χ3v) is 3.55. The van der Waals surface area contributed by atoms with Crippen LogP contribution in [-0.4, -0.2) is 22.0 Å². The molecule has 0 aliphatic carbocycles. The molecule has 0 saturated heterocycles. The first kappa shape index (κ1) is 13.6. The SMILES string of the molecule is Cc1cnc(CNC(=O)C(C)C(C)C(=O)O)s1. The molecule has 0 aliphatic rings.